The summed E-state index contributed by atoms with van der Waals surface area (Å²) < 4.78 is 0. The van der Waals surface area contributed by atoms with Crippen molar-refractivity contribution in [3.63, 3.8) is 0 Å². The lowest BCUT2D eigenvalue weighted by atomic mass is 9.98. The van der Waals surface area contributed by atoms with E-state index in [2.05, 4.69) is 19.9 Å². The molecule has 2 aliphatic heterocycles. The van der Waals surface area contributed by atoms with Gasteiger partial charge in [-0.05, 0) is 81.7 Å². The summed E-state index contributed by atoms with van der Waals surface area (Å²) in [5, 5.41) is 38.0. The maximum atomic E-state index is 11.6. The first-order valence-electron chi connectivity index (χ1n) is 15.8. The number of nitrogens with one attached hydrogen (secondary N) is 4. The van der Waals surface area contributed by atoms with Crippen molar-refractivity contribution >= 4 is 68.2 Å². The molecule has 12 heteroatoms. The van der Waals surface area contributed by atoms with E-state index >= 15 is 0 Å². The van der Waals surface area contributed by atoms with Gasteiger partial charge in [-0.25, -0.2) is 9.97 Å². The van der Waals surface area contributed by atoms with Crippen LogP contribution in [0.25, 0.3) is 44.4 Å². The minimum absolute atomic E-state index is 0.0655. The highest BCUT2D eigenvalue weighted by atomic mass is 16.4. The number of aryl methyl sites for hydroxylation is 4. The van der Waals surface area contributed by atoms with Crippen molar-refractivity contribution in [1.82, 2.24) is 9.97 Å². The number of hydrogen-bond acceptors (Lipinski definition) is 4. The van der Waals surface area contributed by atoms with Crippen LogP contribution >= 0.6 is 0 Å². The predicted molar refractivity (Wildman–Crippen MR) is 179 cm³/mol. The average molecular weight is 657 g/mol. The highest BCUT2D eigenvalue weighted by molar-refractivity contribution is 5.93. The summed E-state index contributed by atoms with van der Waals surface area (Å²) in [6, 6.07) is 7.67. The second-order valence-corrected chi connectivity index (χ2v) is 12.4. The van der Waals surface area contributed by atoms with Crippen LogP contribution in [0.4, 0.5) is 0 Å². The number of allylic oxidation sites excluding steroid dienone is 4. The second kappa shape index (κ2) is 13.7. The monoisotopic (exact) mass is 656 g/mol. The zero-order chi connectivity index (χ0) is 34.9. The van der Waals surface area contributed by atoms with Crippen LogP contribution in [0.1, 0.15) is 97.4 Å². The molecule has 0 amide bonds. The Hall–Kier alpha value is -5.52. The van der Waals surface area contributed by atoms with Crippen molar-refractivity contribution in [3.05, 3.63) is 69.3 Å². The third-order valence-corrected chi connectivity index (χ3v) is 9.31. The fraction of sp³-hybridized carbons (Fsp3) is 0.333. The lowest BCUT2D eigenvalue weighted by Crippen LogP contribution is -2.11. The van der Waals surface area contributed by atoms with Gasteiger partial charge in [-0.1, -0.05) is 0 Å². The third-order valence-electron chi connectivity index (χ3n) is 9.31. The van der Waals surface area contributed by atoms with Gasteiger partial charge < -0.3 is 30.4 Å². The van der Waals surface area contributed by atoms with Gasteiger partial charge in [0.25, 0.3) is 0 Å². The van der Waals surface area contributed by atoms with E-state index < -0.39 is 23.9 Å². The summed E-state index contributed by atoms with van der Waals surface area (Å²) in [5.41, 5.74) is 12.5. The third kappa shape index (κ3) is 7.07. The first-order chi connectivity index (χ1) is 22.7. The number of aliphatic carboxylic acids is 4. The van der Waals surface area contributed by atoms with Crippen LogP contribution in [0.15, 0.2) is 24.3 Å². The van der Waals surface area contributed by atoms with Crippen LogP contribution in [0.5, 0.6) is 0 Å². The topological polar surface area (TPSA) is 209 Å². The van der Waals surface area contributed by atoms with Crippen LogP contribution in [-0.4, -0.2) is 54.3 Å². The van der Waals surface area contributed by atoms with Crippen molar-refractivity contribution < 1.29 is 49.6 Å². The molecule has 48 heavy (non-hydrogen) atoms. The van der Waals surface area contributed by atoms with Gasteiger partial charge in [0.1, 0.15) is 0 Å². The number of carboxylic acids is 4. The standard InChI is InChI=1S/C36H38N4O8/c1-17-21(5-9-33(41)42)29-14-27-19(3)22(6-10-34(43)44)30(39-27)15-28-20(4)24(8-12-36(47)48)32(40-28)16-31-23(7-11-35(45)46)18(2)26(38-31)13-25(17)37-29/h13-16,38,40H,5-12H2,1-4H3,(H,41,42)(H,43,44)(H,45,46)(H,47,48)/p+2. The first kappa shape index (κ1) is 33.8. The summed E-state index contributed by atoms with van der Waals surface area (Å²) in [5.74, 6) is -3.70. The van der Waals surface area contributed by atoms with Crippen molar-refractivity contribution in [2.24, 2.45) is 0 Å². The molecule has 5 heterocycles. The Bertz CT molecular complexity index is 2100. The number of hydrogen-bond donors (Lipinski definition) is 6. The molecule has 0 fully saturated rings. The molecule has 2 aliphatic rings. The summed E-state index contributed by atoms with van der Waals surface area (Å²) in [7, 11) is 0. The van der Waals surface area contributed by atoms with Crippen LogP contribution in [-0.2, 0) is 32.0 Å². The molecule has 0 radical (unpaired) electrons. The maximum absolute atomic E-state index is 11.6. The Morgan fingerprint density at radius 2 is 0.854 bits per heavy atom. The van der Waals surface area contributed by atoms with Gasteiger partial charge >= 0.3 is 23.9 Å². The number of aromatic nitrogens is 4. The number of fused-ring (bicyclic) bond motifs is 8. The highest BCUT2D eigenvalue weighted by Gasteiger charge is 2.29. The smallest absolute Gasteiger partial charge is 0.303 e. The van der Waals surface area contributed by atoms with E-state index in [0.29, 0.717) is 16.7 Å². The summed E-state index contributed by atoms with van der Waals surface area (Å²) in [6.45, 7) is 7.69. The lowest BCUT2D eigenvalue weighted by molar-refractivity contribution is -0.388. The molecule has 0 saturated carbocycles. The highest BCUT2D eigenvalue weighted by Crippen LogP contribution is 2.35. The molecule has 0 saturated heterocycles. The SMILES string of the molecule is CC1=C(CCC(=O)O)c2cc3[nH+]c(cc4[nH]c(cc5[nH]c(cc1[nH+]2)c(C)c5CCC(=O)O)c(CCC(=O)O)c4C)C(CCC(=O)O)=C3C. The molecule has 3 aromatic heterocycles. The Morgan fingerprint density at radius 1 is 0.500 bits per heavy atom. The van der Waals surface area contributed by atoms with Gasteiger partial charge in [0, 0.05) is 82.2 Å². The van der Waals surface area contributed by atoms with Crippen molar-refractivity contribution in [2.45, 2.75) is 79.1 Å². The van der Waals surface area contributed by atoms with Crippen LogP contribution in [0.2, 0.25) is 0 Å². The van der Waals surface area contributed by atoms with Crippen LogP contribution < -0.4 is 9.97 Å². The molecule has 3 aromatic rings. The number of H-pyrrole nitrogens is 4. The molecule has 0 atom stereocenters. The minimum atomic E-state index is -0.931. The van der Waals surface area contributed by atoms with Gasteiger partial charge in [-0.3, -0.25) is 19.2 Å². The number of carboxylic acid groups (broad SMARTS) is 4. The fourth-order valence-electron chi connectivity index (χ4n) is 6.58. The van der Waals surface area contributed by atoms with Crippen LogP contribution in [0, 0.1) is 13.8 Å². The van der Waals surface area contributed by atoms with E-state index in [-0.39, 0.29) is 51.4 Å². The molecule has 0 aromatic carbocycles. The number of aromatic amines is 4. The first-order valence-corrected chi connectivity index (χ1v) is 15.8. The van der Waals surface area contributed by atoms with Crippen molar-refractivity contribution in [3.8, 4) is 0 Å². The van der Waals surface area contributed by atoms with E-state index in [1.165, 1.54) is 0 Å². The Balaban J connectivity index is 1.91. The quantitative estimate of drug-likeness (QED) is 0.148. The largest absolute Gasteiger partial charge is 0.481 e. The van der Waals surface area contributed by atoms with E-state index in [9.17, 15) is 39.6 Å². The molecule has 250 valence electrons. The lowest BCUT2D eigenvalue weighted by Gasteiger charge is -2.00. The van der Waals surface area contributed by atoms with Gasteiger partial charge in [0.05, 0.1) is 6.07 Å². The van der Waals surface area contributed by atoms with Crippen molar-refractivity contribution in [1.29, 1.82) is 0 Å². The van der Waals surface area contributed by atoms with Gasteiger partial charge in [-0.15, -0.1) is 0 Å². The summed E-state index contributed by atoms with van der Waals surface area (Å²) in [4.78, 5) is 60.3. The normalized spacial score (nSPS) is 12.9. The van der Waals surface area contributed by atoms with E-state index in [4.69, 9.17) is 0 Å². The summed E-state index contributed by atoms with van der Waals surface area (Å²) in [6.07, 6.45) is 0.777. The average Bonchev–Trinajstić information content (AvgIpc) is 3.66. The molecular weight excluding hydrogens is 616 g/mol. The fourth-order valence-corrected chi connectivity index (χ4v) is 6.58. The zero-order valence-electron chi connectivity index (χ0n) is 27.4. The Labute approximate surface area is 275 Å². The summed E-state index contributed by atoms with van der Waals surface area (Å²) >= 11 is 0. The number of rotatable bonds is 12. The zero-order valence-corrected chi connectivity index (χ0v) is 27.4. The molecule has 0 spiro atoms. The van der Waals surface area contributed by atoms with E-state index in [0.717, 1.165) is 72.7 Å². The predicted octanol–water partition coefficient (Wildman–Crippen LogP) is 5.40. The second-order valence-electron chi connectivity index (χ2n) is 12.4. The molecular formula is C36H40N4O8+2. The van der Waals surface area contributed by atoms with E-state index in [1.807, 2.05) is 52.0 Å². The van der Waals surface area contributed by atoms with Gasteiger partial charge in [0.15, 0.2) is 0 Å². The van der Waals surface area contributed by atoms with Gasteiger partial charge in [0.2, 0.25) is 22.8 Å². The van der Waals surface area contributed by atoms with Gasteiger partial charge in [-0.2, -0.15) is 0 Å². The molecule has 12 nitrogen and oxygen atoms in total. The van der Waals surface area contributed by atoms with E-state index in [1.54, 1.807) is 0 Å². The molecule has 0 unspecified atom stereocenters. The van der Waals surface area contributed by atoms with Crippen LogP contribution in [0.3, 0.4) is 0 Å². The molecule has 5 rings (SSSR count). The minimum Gasteiger partial charge on any atom is -0.481 e. The molecule has 8 bridgehead atoms. The molecule has 8 N–H and O–H groups in total. The number of carbonyl (C=O) groups is 4. The maximum Gasteiger partial charge on any atom is 0.303 e. The molecule has 0 aliphatic carbocycles. The Morgan fingerprint density at radius 3 is 1.27 bits per heavy atom. The Kier molecular flexibility index (Phi) is 9.64. The van der Waals surface area contributed by atoms with Crippen molar-refractivity contribution in [2.75, 3.05) is 0 Å².